The summed E-state index contributed by atoms with van der Waals surface area (Å²) in [7, 11) is 0. The van der Waals surface area contributed by atoms with Gasteiger partial charge in [0.1, 0.15) is 11.2 Å². The molecular formula is C16H13Cl2N3O2. The summed E-state index contributed by atoms with van der Waals surface area (Å²) in [6.45, 7) is 2.00. The summed E-state index contributed by atoms with van der Waals surface area (Å²) in [6.07, 6.45) is 2.75. The Morgan fingerprint density at radius 1 is 1.39 bits per heavy atom. The average molecular weight is 350 g/mol. The lowest BCUT2D eigenvalue weighted by molar-refractivity contribution is -0.136. The Labute approximate surface area is 143 Å². The number of nitrogens with zero attached hydrogens (tertiary/aromatic N) is 3. The van der Waals surface area contributed by atoms with Gasteiger partial charge in [-0.05, 0) is 30.7 Å². The van der Waals surface area contributed by atoms with Crippen molar-refractivity contribution in [3.63, 3.8) is 0 Å². The topological polar surface area (TPSA) is 67.9 Å². The van der Waals surface area contributed by atoms with E-state index in [0.717, 1.165) is 5.56 Å². The molecule has 2 rings (SSSR count). The van der Waals surface area contributed by atoms with Crippen LogP contribution in [0.5, 0.6) is 0 Å². The van der Waals surface area contributed by atoms with Gasteiger partial charge in [0.25, 0.3) is 0 Å². The fraction of sp³-hybridized carbons (Fsp3) is 0.188. The van der Waals surface area contributed by atoms with Gasteiger partial charge >= 0.3 is 5.97 Å². The van der Waals surface area contributed by atoms with Crippen LogP contribution in [0.4, 0.5) is 0 Å². The fourth-order valence-corrected chi connectivity index (χ4v) is 2.35. The van der Waals surface area contributed by atoms with Gasteiger partial charge in [-0.1, -0.05) is 35.3 Å². The van der Waals surface area contributed by atoms with E-state index in [4.69, 9.17) is 28.5 Å². The number of carbonyl (C=O) groups excluding carboxylic acids is 1. The van der Waals surface area contributed by atoms with E-state index in [1.54, 1.807) is 29.8 Å². The van der Waals surface area contributed by atoms with Crippen LogP contribution in [0.2, 0.25) is 10.2 Å². The highest BCUT2D eigenvalue weighted by Gasteiger charge is 2.12. The Balaban J connectivity index is 2.16. The molecule has 5 nitrogen and oxygen atoms in total. The zero-order valence-corrected chi connectivity index (χ0v) is 13.8. The van der Waals surface area contributed by atoms with Crippen LogP contribution >= 0.6 is 23.2 Å². The number of hydrogen-bond donors (Lipinski definition) is 0. The molecule has 0 atom stereocenters. The minimum absolute atomic E-state index is 0.286. The second kappa shape index (κ2) is 7.82. The molecule has 0 saturated heterocycles. The third-order valence-electron chi connectivity index (χ3n) is 3.02. The normalized spacial score (nSPS) is 10.7. The number of nitriles is 1. The van der Waals surface area contributed by atoms with Crippen molar-refractivity contribution >= 4 is 35.2 Å². The van der Waals surface area contributed by atoms with Crippen LogP contribution in [-0.2, 0) is 16.1 Å². The van der Waals surface area contributed by atoms with Crippen LogP contribution in [0.25, 0.3) is 6.08 Å². The molecule has 0 amide bonds. The van der Waals surface area contributed by atoms with Crippen LogP contribution in [0, 0.1) is 18.3 Å². The Morgan fingerprint density at radius 3 is 2.74 bits per heavy atom. The second-order valence-electron chi connectivity index (χ2n) is 4.67. The quantitative estimate of drug-likeness (QED) is 0.610. The molecule has 1 heterocycles. The molecule has 23 heavy (non-hydrogen) atoms. The van der Waals surface area contributed by atoms with Crippen molar-refractivity contribution in [2.75, 3.05) is 6.61 Å². The zero-order valence-electron chi connectivity index (χ0n) is 12.3. The summed E-state index contributed by atoms with van der Waals surface area (Å²) in [5.74, 6) is -0.604. The summed E-state index contributed by atoms with van der Waals surface area (Å²) in [4.78, 5) is 11.4. The van der Waals surface area contributed by atoms with Gasteiger partial charge in [-0.15, -0.1) is 0 Å². The Bertz CT molecular complexity index is 774. The molecule has 1 aromatic carbocycles. The van der Waals surface area contributed by atoms with E-state index in [0.29, 0.717) is 28.0 Å². The van der Waals surface area contributed by atoms with E-state index in [-0.39, 0.29) is 6.61 Å². The maximum absolute atomic E-state index is 11.4. The molecule has 0 radical (unpaired) electrons. The summed E-state index contributed by atoms with van der Waals surface area (Å²) in [5, 5.41) is 13.8. The van der Waals surface area contributed by atoms with Crippen LogP contribution < -0.4 is 0 Å². The number of aryl methyl sites for hydroxylation is 1. The van der Waals surface area contributed by atoms with Crippen molar-refractivity contribution < 1.29 is 9.53 Å². The van der Waals surface area contributed by atoms with Gasteiger partial charge in [-0.2, -0.15) is 10.4 Å². The first-order valence-corrected chi connectivity index (χ1v) is 7.46. The first-order valence-electron chi connectivity index (χ1n) is 6.70. The largest absolute Gasteiger partial charge is 0.447 e. The van der Waals surface area contributed by atoms with Gasteiger partial charge in [-0.25, -0.2) is 9.48 Å². The molecule has 0 aliphatic carbocycles. The minimum Gasteiger partial charge on any atom is -0.447 e. The number of esters is 1. The molecule has 0 unspecified atom stereocenters. The number of aromatic nitrogens is 2. The molecule has 0 bridgehead atoms. The lowest BCUT2D eigenvalue weighted by atomic mass is 10.2. The fourth-order valence-electron chi connectivity index (χ4n) is 1.93. The number of ether oxygens (including phenoxy) is 1. The van der Waals surface area contributed by atoms with E-state index in [9.17, 15) is 4.79 Å². The van der Waals surface area contributed by atoms with Crippen molar-refractivity contribution in [2.45, 2.75) is 13.5 Å². The highest BCUT2D eigenvalue weighted by atomic mass is 35.5. The number of carbonyl (C=O) groups is 1. The SMILES string of the molecule is Cc1nn(Cc2ccc(Cl)cc2)c(Cl)c1/C=C/C(=O)OCC#N. The summed E-state index contributed by atoms with van der Waals surface area (Å²) in [6, 6.07) is 9.11. The third kappa shape index (κ3) is 4.59. The van der Waals surface area contributed by atoms with Crippen molar-refractivity contribution in [3.05, 3.63) is 57.3 Å². The van der Waals surface area contributed by atoms with Gasteiger partial charge in [0, 0.05) is 16.7 Å². The van der Waals surface area contributed by atoms with Crippen molar-refractivity contribution in [2.24, 2.45) is 0 Å². The Kier molecular flexibility index (Phi) is 5.80. The molecule has 0 aliphatic heterocycles. The minimum atomic E-state index is -0.604. The number of rotatable bonds is 5. The monoisotopic (exact) mass is 349 g/mol. The van der Waals surface area contributed by atoms with Crippen molar-refractivity contribution in [1.82, 2.24) is 9.78 Å². The molecule has 0 spiro atoms. The molecule has 0 saturated carbocycles. The zero-order chi connectivity index (χ0) is 16.8. The van der Waals surface area contributed by atoms with Crippen LogP contribution in [0.1, 0.15) is 16.8 Å². The van der Waals surface area contributed by atoms with E-state index in [2.05, 4.69) is 9.84 Å². The number of benzene rings is 1. The smallest absolute Gasteiger partial charge is 0.331 e. The molecule has 0 fully saturated rings. The van der Waals surface area contributed by atoms with Gasteiger partial charge < -0.3 is 4.74 Å². The van der Waals surface area contributed by atoms with Gasteiger partial charge in [-0.3, -0.25) is 0 Å². The molecule has 0 aliphatic rings. The average Bonchev–Trinajstić information content (AvgIpc) is 2.79. The first kappa shape index (κ1) is 17.1. The van der Waals surface area contributed by atoms with Crippen LogP contribution in [-0.4, -0.2) is 22.4 Å². The summed E-state index contributed by atoms with van der Waals surface area (Å²) in [5.41, 5.74) is 2.32. The van der Waals surface area contributed by atoms with E-state index in [1.165, 1.54) is 12.2 Å². The van der Waals surface area contributed by atoms with E-state index < -0.39 is 5.97 Å². The summed E-state index contributed by atoms with van der Waals surface area (Å²) >= 11 is 12.2. The summed E-state index contributed by atoms with van der Waals surface area (Å²) < 4.78 is 6.28. The predicted molar refractivity (Wildman–Crippen MR) is 88.1 cm³/mol. The van der Waals surface area contributed by atoms with E-state index in [1.807, 2.05) is 12.1 Å². The van der Waals surface area contributed by atoms with Gasteiger partial charge in [0.2, 0.25) is 0 Å². The Hall–Kier alpha value is -2.29. The lowest BCUT2D eigenvalue weighted by Crippen LogP contribution is -2.02. The third-order valence-corrected chi connectivity index (χ3v) is 3.67. The van der Waals surface area contributed by atoms with Gasteiger partial charge in [0.15, 0.2) is 6.61 Å². The lowest BCUT2D eigenvalue weighted by Gasteiger charge is -2.03. The van der Waals surface area contributed by atoms with Crippen molar-refractivity contribution in [1.29, 1.82) is 5.26 Å². The van der Waals surface area contributed by atoms with E-state index >= 15 is 0 Å². The molecule has 118 valence electrons. The van der Waals surface area contributed by atoms with Crippen LogP contribution in [0.15, 0.2) is 30.3 Å². The van der Waals surface area contributed by atoms with Crippen molar-refractivity contribution in [3.8, 4) is 6.07 Å². The highest BCUT2D eigenvalue weighted by Crippen LogP contribution is 2.22. The number of hydrogen-bond acceptors (Lipinski definition) is 4. The maximum atomic E-state index is 11.4. The molecule has 1 aromatic heterocycles. The molecule has 7 heteroatoms. The predicted octanol–water partition coefficient (Wildman–Crippen LogP) is 3.63. The molecule has 2 aromatic rings. The second-order valence-corrected chi connectivity index (χ2v) is 5.47. The standard InChI is InChI=1S/C16H13Cl2N3O2/c1-11-14(6-7-15(22)23-9-8-19)16(18)21(20-11)10-12-2-4-13(17)5-3-12/h2-7H,9-10H2,1H3/b7-6+. The maximum Gasteiger partial charge on any atom is 0.331 e. The van der Waals surface area contributed by atoms with Gasteiger partial charge in [0.05, 0.1) is 12.2 Å². The molecular weight excluding hydrogens is 337 g/mol. The number of halogens is 2. The highest BCUT2D eigenvalue weighted by molar-refractivity contribution is 6.31. The first-order chi connectivity index (χ1) is 11.0. The van der Waals surface area contributed by atoms with Crippen LogP contribution in [0.3, 0.4) is 0 Å². The Morgan fingerprint density at radius 2 is 2.09 bits per heavy atom. The molecule has 0 N–H and O–H groups in total.